The standard InChI is InChI=1S/C29H40N4O2/c1-7-27(34)22-11-13-24(14-12-22)30-29-31-25-10-8-9-23(19-26(25)32(29)6)28(35)33(17-15-20(2)3)18-16-21(4)5/h9-14,19-21H,7-8,15-18H2,1-6H3,(H,30,31). The summed E-state index contributed by atoms with van der Waals surface area (Å²) in [6.45, 7) is 12.2. The topological polar surface area (TPSA) is 67.2 Å². The second-order valence-electron chi connectivity index (χ2n) is 10.1. The highest BCUT2D eigenvalue weighted by molar-refractivity contribution is 6.01. The molecule has 1 aliphatic carbocycles. The van der Waals surface area contributed by atoms with Gasteiger partial charge < -0.3 is 14.8 Å². The molecule has 188 valence electrons. The number of anilines is 2. The summed E-state index contributed by atoms with van der Waals surface area (Å²) >= 11 is 0. The van der Waals surface area contributed by atoms with Gasteiger partial charge in [0.1, 0.15) is 0 Å². The van der Waals surface area contributed by atoms with Gasteiger partial charge in [-0.15, -0.1) is 0 Å². The molecule has 35 heavy (non-hydrogen) atoms. The van der Waals surface area contributed by atoms with Crippen LogP contribution >= 0.6 is 0 Å². The molecule has 1 aromatic carbocycles. The Morgan fingerprint density at radius 2 is 1.66 bits per heavy atom. The van der Waals surface area contributed by atoms with Gasteiger partial charge in [0.25, 0.3) is 5.91 Å². The number of rotatable bonds is 11. The van der Waals surface area contributed by atoms with E-state index in [9.17, 15) is 9.59 Å². The number of allylic oxidation sites excluding steroid dienone is 1. The zero-order valence-electron chi connectivity index (χ0n) is 22.1. The first-order chi connectivity index (χ1) is 16.7. The third kappa shape index (κ3) is 6.93. The molecule has 2 aromatic rings. The lowest BCUT2D eigenvalue weighted by atomic mass is 10.1. The number of carbonyl (C=O) groups is 2. The van der Waals surface area contributed by atoms with Crippen LogP contribution in [0.15, 0.2) is 35.9 Å². The Morgan fingerprint density at radius 1 is 1.03 bits per heavy atom. The van der Waals surface area contributed by atoms with Crippen LogP contribution in [0.3, 0.4) is 0 Å². The van der Waals surface area contributed by atoms with Crippen LogP contribution in [0.4, 0.5) is 11.6 Å². The molecule has 0 spiro atoms. The smallest absolute Gasteiger partial charge is 0.253 e. The lowest BCUT2D eigenvalue weighted by molar-refractivity contribution is -0.127. The van der Waals surface area contributed by atoms with Gasteiger partial charge in [0.15, 0.2) is 5.78 Å². The van der Waals surface area contributed by atoms with Gasteiger partial charge in [-0.3, -0.25) is 9.59 Å². The summed E-state index contributed by atoms with van der Waals surface area (Å²) in [5.41, 5.74) is 2.30. The molecule has 0 fully saturated rings. The largest absolute Gasteiger partial charge is 0.339 e. The lowest BCUT2D eigenvalue weighted by Gasteiger charge is -2.25. The zero-order valence-corrected chi connectivity index (χ0v) is 22.1. The van der Waals surface area contributed by atoms with E-state index in [1.54, 1.807) is 0 Å². The molecule has 0 radical (unpaired) electrons. The van der Waals surface area contributed by atoms with Crippen LogP contribution in [0.2, 0.25) is 0 Å². The molecule has 0 aliphatic heterocycles. The number of aromatic nitrogens is 2. The van der Waals surface area contributed by atoms with Gasteiger partial charge in [0, 0.05) is 43.4 Å². The number of fused-ring (bicyclic) bond motifs is 1. The maximum absolute atomic E-state index is 13.5. The van der Waals surface area contributed by atoms with Crippen molar-refractivity contribution in [3.8, 4) is 0 Å². The molecule has 1 amide bonds. The Balaban J connectivity index is 1.85. The maximum Gasteiger partial charge on any atom is 0.253 e. The number of ketones is 1. The summed E-state index contributed by atoms with van der Waals surface area (Å²) in [7, 11) is 1.95. The fourth-order valence-electron chi connectivity index (χ4n) is 4.02. The Kier molecular flexibility index (Phi) is 9.07. The first-order valence-corrected chi connectivity index (χ1v) is 12.8. The molecule has 1 heterocycles. The van der Waals surface area contributed by atoms with Crippen LogP contribution in [0.25, 0.3) is 12.2 Å². The Morgan fingerprint density at radius 3 is 2.23 bits per heavy atom. The molecule has 0 saturated heterocycles. The molecular formula is C29H40N4O2. The van der Waals surface area contributed by atoms with Crippen LogP contribution in [-0.4, -0.2) is 39.2 Å². The van der Waals surface area contributed by atoms with Crippen molar-refractivity contribution in [2.45, 2.75) is 60.3 Å². The molecular weight excluding hydrogens is 436 g/mol. The SMILES string of the molecule is CCC(=O)c1ccc(Nc2nc3c(n2C)=CC(C(=O)N(CCC(C)C)CCC(C)C)=CCC=3)cc1. The van der Waals surface area contributed by atoms with Gasteiger partial charge in [-0.2, -0.15) is 0 Å². The number of imidazole rings is 1. The molecule has 0 bridgehead atoms. The van der Waals surface area contributed by atoms with Crippen LogP contribution in [0.1, 0.15) is 70.7 Å². The minimum Gasteiger partial charge on any atom is -0.339 e. The summed E-state index contributed by atoms with van der Waals surface area (Å²) < 4.78 is 1.98. The van der Waals surface area contributed by atoms with E-state index in [-0.39, 0.29) is 11.7 Å². The van der Waals surface area contributed by atoms with Gasteiger partial charge in [-0.1, -0.05) is 46.8 Å². The van der Waals surface area contributed by atoms with E-state index < -0.39 is 0 Å². The summed E-state index contributed by atoms with van der Waals surface area (Å²) in [6, 6.07) is 7.46. The molecule has 3 rings (SSSR count). The van der Waals surface area contributed by atoms with E-state index in [1.165, 1.54) is 0 Å². The van der Waals surface area contributed by atoms with E-state index >= 15 is 0 Å². The van der Waals surface area contributed by atoms with Crippen molar-refractivity contribution >= 4 is 35.5 Å². The van der Waals surface area contributed by atoms with Gasteiger partial charge in [0.05, 0.1) is 10.7 Å². The molecule has 0 unspecified atom stereocenters. The highest BCUT2D eigenvalue weighted by Gasteiger charge is 2.19. The molecule has 6 heteroatoms. The zero-order chi connectivity index (χ0) is 25.5. The molecule has 1 aromatic heterocycles. The van der Waals surface area contributed by atoms with Crippen LogP contribution in [0, 0.1) is 11.8 Å². The number of nitrogens with zero attached hydrogens (tertiary/aromatic N) is 3. The predicted octanol–water partition coefficient (Wildman–Crippen LogP) is 4.57. The molecule has 6 nitrogen and oxygen atoms in total. The Labute approximate surface area is 209 Å². The summed E-state index contributed by atoms with van der Waals surface area (Å²) in [5, 5.41) is 5.13. The van der Waals surface area contributed by atoms with Crippen molar-refractivity contribution in [2.75, 3.05) is 18.4 Å². The van der Waals surface area contributed by atoms with E-state index in [0.29, 0.717) is 36.2 Å². The van der Waals surface area contributed by atoms with Crippen molar-refractivity contribution in [1.29, 1.82) is 0 Å². The first kappa shape index (κ1) is 26.5. The molecule has 1 aliphatic rings. The highest BCUT2D eigenvalue weighted by Crippen LogP contribution is 2.16. The Bertz CT molecular complexity index is 1170. The number of nitrogens with one attached hydrogen (secondary N) is 1. The molecule has 1 N–H and O–H groups in total. The minimum absolute atomic E-state index is 0.0967. The van der Waals surface area contributed by atoms with Gasteiger partial charge in [-0.05, 0) is 61.4 Å². The average molecular weight is 477 g/mol. The van der Waals surface area contributed by atoms with Crippen LogP contribution in [-0.2, 0) is 11.8 Å². The van der Waals surface area contributed by atoms with E-state index in [2.05, 4.69) is 39.1 Å². The average Bonchev–Trinajstić information content (AvgIpc) is 2.98. The monoisotopic (exact) mass is 476 g/mol. The number of benzene rings is 1. The lowest BCUT2D eigenvalue weighted by Crippen LogP contribution is -2.36. The quantitative estimate of drug-likeness (QED) is 0.483. The van der Waals surface area contributed by atoms with E-state index in [4.69, 9.17) is 4.98 Å². The van der Waals surface area contributed by atoms with Crippen molar-refractivity contribution in [3.63, 3.8) is 0 Å². The van der Waals surface area contributed by atoms with Crippen molar-refractivity contribution < 1.29 is 9.59 Å². The van der Waals surface area contributed by atoms with Crippen molar-refractivity contribution in [3.05, 3.63) is 52.2 Å². The van der Waals surface area contributed by atoms with Gasteiger partial charge >= 0.3 is 0 Å². The fraction of sp³-hybridized carbons (Fsp3) is 0.483. The van der Waals surface area contributed by atoms with Crippen LogP contribution in [0.5, 0.6) is 0 Å². The maximum atomic E-state index is 13.5. The second kappa shape index (κ2) is 12.0. The number of carbonyl (C=O) groups excluding carboxylic acids is 2. The highest BCUT2D eigenvalue weighted by atomic mass is 16.2. The molecule has 0 saturated carbocycles. The van der Waals surface area contributed by atoms with Gasteiger partial charge in [0.2, 0.25) is 5.95 Å². The predicted molar refractivity (Wildman–Crippen MR) is 144 cm³/mol. The van der Waals surface area contributed by atoms with Crippen LogP contribution < -0.4 is 16.0 Å². The Hall–Kier alpha value is -3.15. The van der Waals surface area contributed by atoms with E-state index in [0.717, 1.165) is 47.9 Å². The van der Waals surface area contributed by atoms with Crippen molar-refractivity contribution in [1.82, 2.24) is 14.5 Å². The molecule has 0 atom stereocenters. The fourth-order valence-corrected chi connectivity index (χ4v) is 4.02. The number of hydrogen-bond acceptors (Lipinski definition) is 4. The van der Waals surface area contributed by atoms with E-state index in [1.807, 2.05) is 59.9 Å². The summed E-state index contributed by atoms with van der Waals surface area (Å²) in [6.07, 6.45) is 9.20. The second-order valence-corrected chi connectivity index (χ2v) is 10.1. The minimum atomic E-state index is 0.0967. The third-order valence-electron chi connectivity index (χ3n) is 6.38. The van der Waals surface area contributed by atoms with Crippen molar-refractivity contribution in [2.24, 2.45) is 18.9 Å². The third-order valence-corrected chi connectivity index (χ3v) is 6.38. The normalized spacial score (nSPS) is 13.0. The van der Waals surface area contributed by atoms with Gasteiger partial charge in [-0.25, -0.2) is 4.98 Å². The number of amides is 1. The number of Topliss-reactive ketones (excluding diaryl/α,β-unsaturated/α-hetero) is 1. The number of hydrogen-bond donors (Lipinski definition) is 1. The first-order valence-electron chi connectivity index (χ1n) is 12.8. The summed E-state index contributed by atoms with van der Waals surface area (Å²) in [4.78, 5) is 32.2. The summed E-state index contributed by atoms with van der Waals surface area (Å²) in [5.74, 6) is 2.03.